The molecule has 2 spiro atoms. The molecule has 7 fully saturated rings. The molecular weight excluding hydrogens is 440 g/mol. The molecule has 5 aliphatic heterocycles. The van der Waals surface area contributed by atoms with Gasteiger partial charge in [-0.05, 0) is 96.3 Å². The lowest BCUT2D eigenvalue weighted by Crippen LogP contribution is -2.78. The van der Waals surface area contributed by atoms with Gasteiger partial charge in [0.2, 0.25) is 0 Å². The molecule has 35 heavy (non-hydrogen) atoms. The summed E-state index contributed by atoms with van der Waals surface area (Å²) < 4.78 is 27.1. The van der Waals surface area contributed by atoms with E-state index in [9.17, 15) is 5.11 Å². The molecule has 5 heteroatoms. The summed E-state index contributed by atoms with van der Waals surface area (Å²) >= 11 is 0. The van der Waals surface area contributed by atoms with Crippen LogP contribution in [-0.4, -0.2) is 45.7 Å². The van der Waals surface area contributed by atoms with Crippen LogP contribution in [0.1, 0.15) is 120 Å². The Balaban J connectivity index is 1.31. The summed E-state index contributed by atoms with van der Waals surface area (Å²) in [6.45, 7) is 18.4. The smallest absolute Gasteiger partial charge is 0.195 e. The summed E-state index contributed by atoms with van der Waals surface area (Å²) in [7, 11) is 0. The van der Waals surface area contributed by atoms with Crippen molar-refractivity contribution in [2.45, 2.75) is 160 Å². The minimum absolute atomic E-state index is 0.00383. The summed E-state index contributed by atoms with van der Waals surface area (Å²) in [5.74, 6) is 0.0514. The molecule has 2 saturated carbocycles. The highest BCUT2D eigenvalue weighted by Gasteiger charge is 2.72. The molecule has 2 aliphatic carbocycles. The maximum absolute atomic E-state index is 11.3. The number of rotatable bonds is 3. The average molecular weight is 491 g/mol. The van der Waals surface area contributed by atoms with E-state index < -0.39 is 17.2 Å². The number of aliphatic hydroxyl groups is 1. The van der Waals surface area contributed by atoms with Gasteiger partial charge in [0.15, 0.2) is 11.6 Å². The molecule has 0 aromatic carbocycles. The van der Waals surface area contributed by atoms with Gasteiger partial charge in [-0.2, -0.15) is 0 Å². The largest absolute Gasteiger partial charge is 0.363 e. The highest BCUT2D eigenvalue weighted by atomic mass is 16.8. The normalized spacial score (nSPS) is 58.0. The molecule has 5 saturated heterocycles. The molecule has 0 aromatic heterocycles. The molecule has 5 heterocycles. The monoisotopic (exact) mass is 490 g/mol. The van der Waals surface area contributed by atoms with Crippen molar-refractivity contribution in [1.29, 1.82) is 0 Å². The van der Waals surface area contributed by atoms with Gasteiger partial charge in [-0.25, -0.2) is 0 Å². The van der Waals surface area contributed by atoms with Crippen molar-refractivity contribution >= 4 is 0 Å². The Kier molecular flexibility index (Phi) is 5.20. The molecule has 0 amide bonds. The predicted octanol–water partition coefficient (Wildman–Crippen LogP) is 6.35. The van der Waals surface area contributed by atoms with Crippen molar-refractivity contribution in [2.24, 2.45) is 28.6 Å². The van der Waals surface area contributed by atoms with Crippen molar-refractivity contribution in [3.05, 3.63) is 0 Å². The van der Waals surface area contributed by atoms with Gasteiger partial charge in [-0.3, -0.25) is 0 Å². The fourth-order valence-corrected chi connectivity index (χ4v) is 9.83. The second-order valence-corrected chi connectivity index (χ2v) is 15.0. The van der Waals surface area contributed by atoms with Gasteiger partial charge < -0.3 is 24.1 Å². The van der Waals surface area contributed by atoms with Crippen LogP contribution < -0.4 is 0 Å². The quantitative estimate of drug-likeness (QED) is 0.499. The molecular formula is C30H50O5. The summed E-state index contributed by atoms with van der Waals surface area (Å²) in [4.78, 5) is 0. The Morgan fingerprint density at radius 1 is 0.714 bits per heavy atom. The zero-order valence-corrected chi connectivity index (χ0v) is 23.5. The van der Waals surface area contributed by atoms with E-state index in [2.05, 4.69) is 41.5 Å². The molecule has 0 radical (unpaired) electrons. The molecule has 5 nitrogen and oxygen atoms in total. The van der Waals surface area contributed by atoms with E-state index in [1.54, 1.807) is 0 Å². The predicted molar refractivity (Wildman–Crippen MR) is 135 cm³/mol. The van der Waals surface area contributed by atoms with Crippen LogP contribution in [0.5, 0.6) is 0 Å². The van der Waals surface area contributed by atoms with Crippen LogP contribution in [0.3, 0.4) is 0 Å². The van der Waals surface area contributed by atoms with Crippen LogP contribution in [0.4, 0.5) is 0 Å². The van der Waals surface area contributed by atoms with Crippen LogP contribution in [0.15, 0.2) is 0 Å². The second-order valence-electron chi connectivity index (χ2n) is 15.0. The van der Waals surface area contributed by atoms with Gasteiger partial charge in [-0.1, -0.05) is 27.7 Å². The minimum atomic E-state index is -1.17. The third-order valence-electron chi connectivity index (χ3n) is 12.8. The SMILES string of the molecule is C[C@H]1CC[C@]23O[C@H](CC[C@@H]2[C@@]1(C)CC[C@]1(C)[C@@H](C)CC[C@@H]2O[C@]4(O)CC[C@@]21OC4(C)C)C(C)(C)O3. The lowest BCUT2D eigenvalue weighted by atomic mass is 9.49. The fourth-order valence-electron chi connectivity index (χ4n) is 9.83. The summed E-state index contributed by atoms with van der Waals surface area (Å²) in [6.07, 6.45) is 10.6. The lowest BCUT2D eigenvalue weighted by molar-refractivity contribution is -0.468. The van der Waals surface area contributed by atoms with Crippen molar-refractivity contribution in [3.8, 4) is 0 Å². The Hall–Kier alpha value is -0.200. The van der Waals surface area contributed by atoms with Crippen molar-refractivity contribution in [1.82, 2.24) is 0 Å². The van der Waals surface area contributed by atoms with E-state index in [4.69, 9.17) is 18.9 Å². The Labute approximate surface area is 213 Å². The van der Waals surface area contributed by atoms with Crippen LogP contribution >= 0.6 is 0 Å². The first-order valence-corrected chi connectivity index (χ1v) is 14.6. The van der Waals surface area contributed by atoms with Crippen LogP contribution in [0.25, 0.3) is 0 Å². The Morgan fingerprint density at radius 2 is 1.43 bits per heavy atom. The van der Waals surface area contributed by atoms with Crippen LogP contribution in [0, 0.1) is 28.6 Å². The second kappa shape index (κ2) is 7.25. The number of hydrogen-bond acceptors (Lipinski definition) is 5. The van der Waals surface area contributed by atoms with E-state index in [1.165, 1.54) is 6.42 Å². The van der Waals surface area contributed by atoms with Gasteiger partial charge in [0.1, 0.15) is 11.2 Å². The van der Waals surface area contributed by atoms with Gasteiger partial charge in [0.05, 0.1) is 17.8 Å². The number of fused-ring (bicyclic) bond motifs is 3. The Bertz CT molecular complexity index is 886. The lowest BCUT2D eigenvalue weighted by Gasteiger charge is -2.70. The van der Waals surface area contributed by atoms with Gasteiger partial charge in [-0.15, -0.1) is 0 Å². The molecule has 10 atom stereocenters. The number of hydrogen-bond donors (Lipinski definition) is 1. The minimum Gasteiger partial charge on any atom is -0.363 e. The van der Waals surface area contributed by atoms with Crippen LogP contribution in [0.2, 0.25) is 0 Å². The molecule has 7 rings (SSSR count). The third-order valence-corrected chi connectivity index (χ3v) is 12.8. The fraction of sp³-hybridized carbons (Fsp3) is 1.00. The molecule has 4 bridgehead atoms. The highest BCUT2D eigenvalue weighted by Crippen LogP contribution is 2.67. The summed E-state index contributed by atoms with van der Waals surface area (Å²) in [6, 6.07) is 0. The highest BCUT2D eigenvalue weighted by molar-refractivity contribution is 5.18. The van der Waals surface area contributed by atoms with Gasteiger partial charge >= 0.3 is 0 Å². The molecule has 7 aliphatic rings. The Morgan fingerprint density at radius 3 is 2.14 bits per heavy atom. The van der Waals surface area contributed by atoms with E-state index in [0.717, 1.165) is 51.4 Å². The maximum Gasteiger partial charge on any atom is 0.195 e. The van der Waals surface area contributed by atoms with Crippen molar-refractivity contribution in [3.63, 3.8) is 0 Å². The first-order valence-electron chi connectivity index (χ1n) is 14.6. The van der Waals surface area contributed by atoms with Gasteiger partial charge in [0, 0.05) is 24.2 Å². The van der Waals surface area contributed by atoms with E-state index in [1.807, 2.05) is 13.8 Å². The first kappa shape index (κ1) is 25.1. The topological polar surface area (TPSA) is 57.2 Å². The standard InChI is InChI=1S/C30H50O5/c1-19-13-14-29-21(10-12-22(32-29)24(3,4)34-29)26(19,7)15-16-27(8)20(2)9-11-23-28(27)17-18-30(31,33-23)25(5,6)35-28/h19-23,31H,9-18H2,1-8H3/t19-,20-,21+,22+,23-,26-,27+,28+,29+,30+/m0/s1. The third kappa shape index (κ3) is 3.05. The molecule has 1 N–H and O–H groups in total. The van der Waals surface area contributed by atoms with Crippen LogP contribution in [-0.2, 0) is 18.9 Å². The average Bonchev–Trinajstić information content (AvgIpc) is 2.97. The maximum atomic E-state index is 11.3. The van der Waals surface area contributed by atoms with E-state index >= 15 is 0 Å². The molecule has 0 aromatic rings. The van der Waals surface area contributed by atoms with E-state index in [-0.39, 0.29) is 34.2 Å². The molecule has 0 unspecified atom stereocenters. The summed E-state index contributed by atoms with van der Waals surface area (Å²) in [5, 5.41) is 11.3. The zero-order valence-electron chi connectivity index (χ0n) is 23.5. The number of ether oxygens (including phenoxy) is 4. The van der Waals surface area contributed by atoms with E-state index in [0.29, 0.717) is 24.2 Å². The van der Waals surface area contributed by atoms with Crippen molar-refractivity contribution < 1.29 is 24.1 Å². The van der Waals surface area contributed by atoms with Gasteiger partial charge in [0.25, 0.3) is 0 Å². The molecule has 200 valence electrons. The first-order chi connectivity index (χ1) is 16.1. The summed E-state index contributed by atoms with van der Waals surface area (Å²) in [5.41, 5.74) is -1.05. The zero-order chi connectivity index (χ0) is 25.3. The van der Waals surface area contributed by atoms with Crippen molar-refractivity contribution in [2.75, 3.05) is 0 Å².